The summed E-state index contributed by atoms with van der Waals surface area (Å²) in [5.74, 6) is -3.21. The molecule has 14 heteroatoms. The monoisotopic (exact) mass is 652 g/mol. The average Bonchev–Trinajstić information content (AvgIpc) is 3.80. The van der Waals surface area contributed by atoms with Gasteiger partial charge in [-0.1, -0.05) is 12.6 Å². The Labute approximate surface area is 265 Å². The quantitative estimate of drug-likeness (QED) is 0.145. The van der Waals surface area contributed by atoms with E-state index in [-0.39, 0.29) is 74.6 Å². The van der Waals surface area contributed by atoms with Crippen molar-refractivity contribution in [3.8, 4) is 23.0 Å². The lowest BCUT2D eigenvalue weighted by atomic mass is 9.95. The minimum Gasteiger partial charge on any atom is -0.472 e. The highest BCUT2D eigenvalue weighted by Crippen LogP contribution is 2.48. The number of nitrogens with two attached hydrogens (primary N) is 1. The number of carbonyl (C=O) groups excluding carboxylic acids is 1. The van der Waals surface area contributed by atoms with Crippen molar-refractivity contribution in [2.45, 2.75) is 43.5 Å². The van der Waals surface area contributed by atoms with Crippen LogP contribution in [-0.2, 0) is 4.79 Å². The maximum absolute atomic E-state index is 16.6. The number of thiophene rings is 1. The molecule has 9 nitrogen and oxygen atoms in total. The molecule has 4 aromatic rings. The predicted molar refractivity (Wildman–Crippen MR) is 165 cm³/mol. The topological polar surface area (TPSA) is 98.2 Å². The first-order chi connectivity index (χ1) is 22.1. The van der Waals surface area contributed by atoms with E-state index in [1.165, 1.54) is 12.1 Å². The number of ether oxygens (including phenoxy) is 2. The Kier molecular flexibility index (Phi) is 7.48. The summed E-state index contributed by atoms with van der Waals surface area (Å²) in [4.78, 5) is 27.9. The van der Waals surface area contributed by atoms with Gasteiger partial charge in [0.25, 0.3) is 0 Å². The highest BCUT2D eigenvalue weighted by atomic mass is 32.1. The number of likely N-dealkylation sites (tertiary alicyclic amines) is 1. The van der Waals surface area contributed by atoms with Gasteiger partial charge in [0.1, 0.15) is 36.0 Å². The Morgan fingerprint density at radius 2 is 2.07 bits per heavy atom. The third-order valence-corrected chi connectivity index (χ3v) is 10.2. The maximum Gasteiger partial charge on any atom is 0.320 e. The molecule has 0 spiro atoms. The van der Waals surface area contributed by atoms with E-state index in [4.69, 9.17) is 21.8 Å². The molecule has 3 atom stereocenters. The summed E-state index contributed by atoms with van der Waals surface area (Å²) >= 11 is 0.820. The molecule has 3 saturated heterocycles. The molecular formula is C32H28F4N6O3S. The number of nitrogen functional groups attached to an aromatic ring is 1. The van der Waals surface area contributed by atoms with Gasteiger partial charge < -0.3 is 20.1 Å². The van der Waals surface area contributed by atoms with Gasteiger partial charge in [-0.3, -0.25) is 9.69 Å². The van der Waals surface area contributed by atoms with E-state index in [0.717, 1.165) is 42.9 Å². The van der Waals surface area contributed by atoms with Crippen LogP contribution in [-0.4, -0.2) is 76.3 Å². The van der Waals surface area contributed by atoms with Gasteiger partial charge in [0.15, 0.2) is 5.82 Å². The number of benzene rings is 2. The number of rotatable bonds is 7. The molecule has 5 heterocycles. The molecular weight excluding hydrogens is 624 g/mol. The Morgan fingerprint density at radius 1 is 1.24 bits per heavy atom. The van der Waals surface area contributed by atoms with Crippen molar-refractivity contribution in [2.24, 2.45) is 0 Å². The molecule has 238 valence electrons. The molecule has 3 aliphatic heterocycles. The smallest absolute Gasteiger partial charge is 0.320 e. The number of amides is 1. The number of nitrogens with zero attached hydrogens (tertiary/aromatic N) is 5. The number of halogens is 4. The second-order valence-electron chi connectivity index (χ2n) is 11.9. The number of anilines is 1. The van der Waals surface area contributed by atoms with Gasteiger partial charge in [0, 0.05) is 31.3 Å². The van der Waals surface area contributed by atoms with Gasteiger partial charge in [-0.25, -0.2) is 22.4 Å². The van der Waals surface area contributed by atoms with E-state index < -0.39 is 40.8 Å². The van der Waals surface area contributed by atoms with Gasteiger partial charge in [-0.05, 0) is 43.2 Å². The first kappa shape index (κ1) is 30.2. The van der Waals surface area contributed by atoms with E-state index in [0.29, 0.717) is 19.5 Å². The van der Waals surface area contributed by atoms with Crippen molar-refractivity contribution in [1.29, 1.82) is 0 Å². The first-order valence-electron chi connectivity index (χ1n) is 14.8. The summed E-state index contributed by atoms with van der Waals surface area (Å²) in [5.41, 5.74) is 4.40. The van der Waals surface area contributed by atoms with Crippen molar-refractivity contribution < 1.29 is 31.8 Å². The second kappa shape index (κ2) is 11.4. The number of aromatic nitrogens is 2. The molecule has 2 aromatic heterocycles. The number of hydrogen-bond donors (Lipinski definition) is 1. The zero-order valence-corrected chi connectivity index (χ0v) is 25.3. The highest BCUT2D eigenvalue weighted by Gasteiger charge is 2.49. The van der Waals surface area contributed by atoms with E-state index in [1.54, 1.807) is 4.90 Å². The van der Waals surface area contributed by atoms with E-state index in [1.807, 2.05) is 0 Å². The Bertz CT molecular complexity index is 1960. The summed E-state index contributed by atoms with van der Waals surface area (Å²) < 4.78 is 73.9. The third kappa shape index (κ3) is 4.89. The fourth-order valence-corrected chi connectivity index (χ4v) is 7.94. The fourth-order valence-electron chi connectivity index (χ4n) is 7.00. The number of hydrogen-bond acceptors (Lipinski definition) is 8. The normalized spacial score (nSPS) is 22.8. The van der Waals surface area contributed by atoms with E-state index in [2.05, 4.69) is 26.3 Å². The Hall–Kier alpha value is -4.48. The SMILES string of the molecule is [C-]#[N+]c1c(N)sc2c(F)ccc(-c3c(F)cc4c(OC5CCN(C(=O)C=C)C5)nc(OCC56CCCN5CC(F)C6)nc4c3F)c12. The van der Waals surface area contributed by atoms with Gasteiger partial charge in [-0.15, -0.1) is 11.3 Å². The van der Waals surface area contributed by atoms with Crippen molar-refractivity contribution in [3.05, 3.63) is 59.7 Å². The minimum atomic E-state index is -1.10. The Balaban J connectivity index is 1.35. The zero-order valence-electron chi connectivity index (χ0n) is 24.5. The lowest BCUT2D eigenvalue weighted by molar-refractivity contribution is -0.125. The fraction of sp³-hybridized carbons (Fsp3) is 0.375. The summed E-state index contributed by atoms with van der Waals surface area (Å²) in [5, 5.41) is -0.0643. The maximum atomic E-state index is 16.6. The predicted octanol–water partition coefficient (Wildman–Crippen LogP) is 6.18. The van der Waals surface area contributed by atoms with Crippen LogP contribution in [0.3, 0.4) is 0 Å². The Morgan fingerprint density at radius 3 is 2.85 bits per heavy atom. The lowest BCUT2D eigenvalue weighted by Gasteiger charge is -2.30. The van der Waals surface area contributed by atoms with Crippen LogP contribution in [0.1, 0.15) is 25.7 Å². The summed E-state index contributed by atoms with van der Waals surface area (Å²) in [6.07, 6.45) is 1.99. The van der Waals surface area contributed by atoms with Crippen LogP contribution >= 0.6 is 11.3 Å². The molecule has 46 heavy (non-hydrogen) atoms. The summed E-state index contributed by atoms with van der Waals surface area (Å²) in [6, 6.07) is 3.05. The minimum absolute atomic E-state index is 0.00130. The molecule has 0 radical (unpaired) electrons. The molecule has 0 aliphatic carbocycles. The van der Waals surface area contributed by atoms with E-state index in [9.17, 15) is 13.6 Å². The van der Waals surface area contributed by atoms with Gasteiger partial charge in [0.05, 0.1) is 39.3 Å². The van der Waals surface area contributed by atoms with Crippen molar-refractivity contribution in [2.75, 3.05) is 38.5 Å². The third-order valence-electron chi connectivity index (χ3n) is 9.14. The second-order valence-corrected chi connectivity index (χ2v) is 12.9. The van der Waals surface area contributed by atoms with Crippen LogP contribution in [0.2, 0.25) is 0 Å². The summed E-state index contributed by atoms with van der Waals surface area (Å²) in [7, 11) is 0. The van der Waals surface area contributed by atoms with Gasteiger partial charge >= 0.3 is 6.01 Å². The van der Waals surface area contributed by atoms with Gasteiger partial charge in [0.2, 0.25) is 17.5 Å². The van der Waals surface area contributed by atoms with Crippen molar-refractivity contribution >= 4 is 48.9 Å². The highest BCUT2D eigenvalue weighted by molar-refractivity contribution is 7.23. The van der Waals surface area contributed by atoms with Crippen LogP contribution in [0.25, 0.3) is 37.0 Å². The van der Waals surface area contributed by atoms with E-state index >= 15 is 8.78 Å². The number of carbonyl (C=O) groups is 1. The van der Waals surface area contributed by atoms with Crippen molar-refractivity contribution in [3.63, 3.8) is 0 Å². The molecule has 3 aliphatic rings. The summed E-state index contributed by atoms with van der Waals surface area (Å²) in [6.45, 7) is 12.8. The largest absolute Gasteiger partial charge is 0.472 e. The molecule has 3 unspecified atom stereocenters. The molecule has 1 amide bonds. The molecule has 0 bridgehead atoms. The average molecular weight is 653 g/mol. The molecule has 2 N–H and O–H groups in total. The van der Waals surface area contributed by atoms with Crippen LogP contribution in [0.15, 0.2) is 30.9 Å². The van der Waals surface area contributed by atoms with Crippen LogP contribution in [0.5, 0.6) is 11.9 Å². The molecule has 2 aromatic carbocycles. The van der Waals surface area contributed by atoms with Gasteiger partial charge in [-0.2, -0.15) is 9.97 Å². The van der Waals surface area contributed by atoms with Crippen LogP contribution < -0.4 is 15.2 Å². The number of alkyl halides is 1. The first-order valence-corrected chi connectivity index (χ1v) is 15.6. The standard InChI is InChI=1S/C32H28F4N6O3S/c1-3-22(43)41-10-7-17(14-41)45-30-19-11-21(35)23(18-5-6-20(34)28-24(18)27(38-2)29(37)46-28)25(36)26(19)39-31(40-30)44-15-32-8-4-9-42(32)13-16(33)12-32/h3,5-6,11,16-17H,1,4,7-10,12-15,37H2. The lowest BCUT2D eigenvalue weighted by Crippen LogP contribution is -2.43. The molecule has 3 fully saturated rings. The molecule has 0 saturated carbocycles. The van der Waals surface area contributed by atoms with Crippen molar-refractivity contribution in [1.82, 2.24) is 19.8 Å². The van der Waals surface area contributed by atoms with Crippen LogP contribution in [0, 0.1) is 24.0 Å². The number of fused-ring (bicyclic) bond motifs is 3. The molecule has 7 rings (SSSR count). The van der Waals surface area contributed by atoms with Crippen LogP contribution in [0.4, 0.5) is 28.3 Å². The zero-order chi connectivity index (χ0) is 32.3.